The van der Waals surface area contributed by atoms with Crippen molar-refractivity contribution in [3.05, 3.63) is 51.6 Å². The Bertz CT molecular complexity index is 769. The molecule has 1 heterocycles. The Labute approximate surface area is 121 Å². The fourth-order valence-corrected chi connectivity index (χ4v) is 2.90. The zero-order chi connectivity index (χ0) is 15.6. The van der Waals surface area contributed by atoms with Crippen LogP contribution < -0.4 is 4.72 Å². The summed E-state index contributed by atoms with van der Waals surface area (Å²) in [5, 5.41) is 11.0. The predicted octanol–water partition coefficient (Wildman–Crippen LogP) is 1.41. The van der Waals surface area contributed by atoms with Gasteiger partial charge < -0.3 is 4.98 Å². The topological polar surface area (TPSA) is 118 Å². The third kappa shape index (κ3) is 3.26. The van der Waals surface area contributed by atoms with Crippen molar-refractivity contribution < 1.29 is 13.3 Å². The number of hydrogen-bond acceptors (Lipinski definition) is 5. The highest BCUT2D eigenvalue weighted by Gasteiger charge is 2.21. The lowest BCUT2D eigenvalue weighted by Gasteiger charge is -2.08. The molecule has 1 aromatic heterocycles. The molecule has 2 rings (SSSR count). The molecule has 0 saturated carbocycles. The molecule has 0 aliphatic carbocycles. The second kappa shape index (κ2) is 5.62. The lowest BCUT2D eigenvalue weighted by molar-refractivity contribution is -0.385. The number of aryl methyl sites for hydroxylation is 1. The Morgan fingerprint density at radius 1 is 1.38 bits per heavy atom. The first-order chi connectivity index (χ1) is 9.81. The van der Waals surface area contributed by atoms with Gasteiger partial charge in [-0.15, -0.1) is 0 Å². The van der Waals surface area contributed by atoms with E-state index < -0.39 is 14.9 Å². The number of hydrogen-bond donors (Lipinski definition) is 2. The van der Waals surface area contributed by atoms with Gasteiger partial charge in [0.1, 0.15) is 0 Å². The van der Waals surface area contributed by atoms with Gasteiger partial charge in [0.25, 0.3) is 5.69 Å². The van der Waals surface area contributed by atoms with Gasteiger partial charge in [-0.05, 0) is 25.5 Å². The first kappa shape index (κ1) is 15.1. The summed E-state index contributed by atoms with van der Waals surface area (Å²) >= 11 is 0. The molecule has 0 fully saturated rings. The van der Waals surface area contributed by atoms with Crippen molar-refractivity contribution in [2.75, 3.05) is 0 Å². The fraction of sp³-hybridized carbons (Fsp3) is 0.250. The number of imidazole rings is 1. The van der Waals surface area contributed by atoms with Crippen LogP contribution >= 0.6 is 0 Å². The Morgan fingerprint density at radius 3 is 2.67 bits per heavy atom. The first-order valence-electron chi connectivity index (χ1n) is 6.04. The van der Waals surface area contributed by atoms with Crippen LogP contribution in [-0.2, 0) is 16.6 Å². The van der Waals surface area contributed by atoms with Crippen LogP contribution in [0.3, 0.4) is 0 Å². The molecule has 8 nitrogen and oxygen atoms in total. The second-order valence-corrected chi connectivity index (χ2v) is 6.31. The molecule has 112 valence electrons. The van der Waals surface area contributed by atoms with Crippen molar-refractivity contribution in [3.63, 3.8) is 0 Å². The molecule has 0 unspecified atom stereocenters. The Balaban J connectivity index is 2.33. The molecule has 0 atom stereocenters. The van der Waals surface area contributed by atoms with E-state index in [1.54, 1.807) is 13.8 Å². The molecule has 0 aliphatic rings. The number of nitro benzene ring substituents is 1. The number of H-pyrrole nitrogens is 1. The number of rotatable bonds is 5. The van der Waals surface area contributed by atoms with Crippen molar-refractivity contribution >= 4 is 15.7 Å². The number of nitrogens with one attached hydrogen (secondary N) is 2. The van der Waals surface area contributed by atoms with Gasteiger partial charge in [-0.2, -0.15) is 0 Å². The van der Waals surface area contributed by atoms with Gasteiger partial charge in [-0.3, -0.25) is 10.1 Å². The van der Waals surface area contributed by atoms with Gasteiger partial charge in [-0.25, -0.2) is 18.1 Å². The van der Waals surface area contributed by atoms with Crippen LogP contribution in [0.1, 0.15) is 16.8 Å². The van der Waals surface area contributed by atoms with E-state index in [1.807, 2.05) is 0 Å². The van der Waals surface area contributed by atoms with Crippen molar-refractivity contribution in [2.45, 2.75) is 25.3 Å². The second-order valence-electron chi connectivity index (χ2n) is 4.54. The Morgan fingerprint density at radius 2 is 2.10 bits per heavy atom. The summed E-state index contributed by atoms with van der Waals surface area (Å²) in [5.74, 6) is 0. The molecular weight excluding hydrogens is 296 g/mol. The number of nitro groups is 1. The molecule has 0 aliphatic heterocycles. The highest BCUT2D eigenvalue weighted by molar-refractivity contribution is 7.89. The molecule has 0 saturated heterocycles. The van der Waals surface area contributed by atoms with Crippen molar-refractivity contribution in [1.29, 1.82) is 0 Å². The molecule has 21 heavy (non-hydrogen) atoms. The van der Waals surface area contributed by atoms with Crippen LogP contribution in [0.25, 0.3) is 0 Å². The fourth-order valence-electron chi connectivity index (χ4n) is 1.79. The van der Waals surface area contributed by atoms with E-state index in [0.29, 0.717) is 16.8 Å². The van der Waals surface area contributed by atoms with Crippen LogP contribution in [0.15, 0.2) is 29.6 Å². The number of nitrogens with zero attached hydrogens (tertiary/aromatic N) is 2. The molecule has 1 aromatic carbocycles. The van der Waals surface area contributed by atoms with E-state index in [0.717, 1.165) is 6.07 Å². The van der Waals surface area contributed by atoms with Crippen molar-refractivity contribution in [3.8, 4) is 0 Å². The number of sulfonamides is 1. The summed E-state index contributed by atoms with van der Waals surface area (Å²) in [6.45, 7) is 3.25. The third-order valence-electron chi connectivity index (χ3n) is 3.13. The smallest absolute Gasteiger partial charge is 0.273 e. The summed E-state index contributed by atoms with van der Waals surface area (Å²) in [7, 11) is -3.83. The number of aromatic nitrogens is 2. The number of aromatic amines is 1. The normalized spacial score (nSPS) is 11.5. The van der Waals surface area contributed by atoms with Gasteiger partial charge in [0.05, 0.1) is 22.7 Å². The molecule has 2 N–H and O–H groups in total. The SMILES string of the molecule is Cc1cc(S(=O)(=O)NCc2cnc[nH]2)cc([N+](=O)[O-])c1C. The lowest BCUT2D eigenvalue weighted by atomic mass is 10.1. The minimum absolute atomic E-state index is 0.0308. The van der Waals surface area contributed by atoms with Crippen LogP contribution in [-0.4, -0.2) is 23.3 Å². The van der Waals surface area contributed by atoms with Gasteiger partial charge in [-0.1, -0.05) is 0 Å². The minimum atomic E-state index is -3.83. The molecule has 2 aromatic rings. The molecule has 0 radical (unpaired) electrons. The first-order valence-corrected chi connectivity index (χ1v) is 7.52. The maximum Gasteiger partial charge on any atom is 0.273 e. The Kier molecular flexibility index (Phi) is 4.05. The highest BCUT2D eigenvalue weighted by atomic mass is 32.2. The molecule has 0 amide bonds. The van der Waals surface area contributed by atoms with Crippen LogP contribution in [0, 0.1) is 24.0 Å². The van der Waals surface area contributed by atoms with Gasteiger partial charge in [0, 0.05) is 23.5 Å². The zero-order valence-electron chi connectivity index (χ0n) is 11.5. The Hall–Kier alpha value is -2.26. The zero-order valence-corrected chi connectivity index (χ0v) is 12.3. The maximum atomic E-state index is 12.2. The van der Waals surface area contributed by atoms with E-state index in [-0.39, 0.29) is 17.1 Å². The largest absolute Gasteiger partial charge is 0.347 e. The lowest BCUT2D eigenvalue weighted by Crippen LogP contribution is -2.23. The number of benzene rings is 1. The van der Waals surface area contributed by atoms with Crippen LogP contribution in [0.5, 0.6) is 0 Å². The quantitative estimate of drug-likeness (QED) is 0.639. The summed E-state index contributed by atoms with van der Waals surface area (Å²) < 4.78 is 26.8. The van der Waals surface area contributed by atoms with Crippen LogP contribution in [0.2, 0.25) is 0 Å². The van der Waals surface area contributed by atoms with Gasteiger partial charge >= 0.3 is 0 Å². The summed E-state index contributed by atoms with van der Waals surface area (Å²) in [5.41, 5.74) is 1.38. The van der Waals surface area contributed by atoms with E-state index in [1.165, 1.54) is 18.6 Å². The predicted molar refractivity (Wildman–Crippen MR) is 75.2 cm³/mol. The van der Waals surface area contributed by atoms with E-state index in [9.17, 15) is 18.5 Å². The molecular formula is C12H14N4O4S. The summed E-state index contributed by atoms with van der Waals surface area (Å²) in [4.78, 5) is 16.8. The monoisotopic (exact) mass is 310 g/mol. The van der Waals surface area contributed by atoms with Crippen molar-refractivity contribution in [2.24, 2.45) is 0 Å². The standard InChI is InChI=1S/C12H14N4O4S/c1-8-3-11(4-12(9(8)2)16(17)18)21(19,20)15-6-10-5-13-7-14-10/h3-5,7,15H,6H2,1-2H3,(H,13,14). The van der Waals surface area contributed by atoms with Crippen LogP contribution in [0.4, 0.5) is 5.69 Å². The van der Waals surface area contributed by atoms with E-state index in [2.05, 4.69) is 14.7 Å². The minimum Gasteiger partial charge on any atom is -0.347 e. The molecule has 0 bridgehead atoms. The van der Waals surface area contributed by atoms with E-state index in [4.69, 9.17) is 0 Å². The third-order valence-corrected chi connectivity index (χ3v) is 4.51. The van der Waals surface area contributed by atoms with Gasteiger partial charge in [0.15, 0.2) is 0 Å². The average Bonchev–Trinajstić information content (AvgIpc) is 2.92. The highest BCUT2D eigenvalue weighted by Crippen LogP contribution is 2.25. The maximum absolute atomic E-state index is 12.2. The van der Waals surface area contributed by atoms with Gasteiger partial charge in [0.2, 0.25) is 10.0 Å². The molecule has 0 spiro atoms. The van der Waals surface area contributed by atoms with Crippen molar-refractivity contribution in [1.82, 2.24) is 14.7 Å². The molecule has 9 heteroatoms. The summed E-state index contributed by atoms with van der Waals surface area (Å²) in [6.07, 6.45) is 2.93. The summed E-state index contributed by atoms with van der Waals surface area (Å²) in [6, 6.07) is 2.48. The average molecular weight is 310 g/mol. The van der Waals surface area contributed by atoms with E-state index >= 15 is 0 Å².